The van der Waals surface area contributed by atoms with Crippen LogP contribution in [0.15, 0.2) is 11.0 Å². The van der Waals surface area contributed by atoms with Gasteiger partial charge in [0.15, 0.2) is 0 Å². The minimum atomic E-state index is 0.115. The fraction of sp³-hybridized carbons (Fsp3) is 0.786. The topological polar surface area (TPSA) is 37.8 Å². The van der Waals surface area contributed by atoms with E-state index in [2.05, 4.69) is 11.2 Å². The Balaban J connectivity index is 1.82. The van der Waals surface area contributed by atoms with E-state index in [1.54, 1.807) is 0 Å². The molecule has 0 aromatic carbocycles. The SMILES string of the molecule is Cc1cn(C23CC4CC(CC(C4)C2)C3)c(=O)[nH]1. The average Bonchev–Trinajstić information content (AvgIpc) is 2.56. The summed E-state index contributed by atoms with van der Waals surface area (Å²) >= 11 is 0. The largest absolute Gasteiger partial charge is 0.326 e. The van der Waals surface area contributed by atoms with Gasteiger partial charge >= 0.3 is 5.69 Å². The summed E-state index contributed by atoms with van der Waals surface area (Å²) in [5.74, 6) is 2.68. The van der Waals surface area contributed by atoms with E-state index < -0.39 is 0 Å². The second-order valence-corrected chi connectivity index (χ2v) is 6.75. The van der Waals surface area contributed by atoms with Crippen LogP contribution in [0.1, 0.15) is 44.2 Å². The Kier molecular flexibility index (Phi) is 1.80. The van der Waals surface area contributed by atoms with Gasteiger partial charge in [-0.25, -0.2) is 4.79 Å². The van der Waals surface area contributed by atoms with E-state index in [9.17, 15) is 4.79 Å². The summed E-state index contributed by atoms with van der Waals surface area (Å²) in [4.78, 5) is 15.0. The van der Waals surface area contributed by atoms with Crippen LogP contribution in [0.3, 0.4) is 0 Å². The summed E-state index contributed by atoms with van der Waals surface area (Å²) in [6.07, 6.45) is 10.1. The molecule has 3 nitrogen and oxygen atoms in total. The molecule has 5 rings (SSSR count). The summed E-state index contributed by atoms with van der Waals surface area (Å²) in [7, 11) is 0. The lowest BCUT2D eigenvalue weighted by Crippen LogP contribution is -2.54. The molecule has 1 N–H and O–H groups in total. The Morgan fingerprint density at radius 1 is 1.18 bits per heavy atom. The first kappa shape index (κ1) is 9.98. The van der Waals surface area contributed by atoms with E-state index in [4.69, 9.17) is 0 Å². The first-order valence-corrected chi connectivity index (χ1v) is 6.93. The quantitative estimate of drug-likeness (QED) is 0.793. The van der Waals surface area contributed by atoms with Crippen molar-refractivity contribution < 1.29 is 0 Å². The van der Waals surface area contributed by atoms with Crippen molar-refractivity contribution in [3.8, 4) is 0 Å². The van der Waals surface area contributed by atoms with Gasteiger partial charge in [0, 0.05) is 17.4 Å². The maximum absolute atomic E-state index is 12.1. The molecule has 4 saturated carbocycles. The van der Waals surface area contributed by atoms with Crippen molar-refractivity contribution in [3.63, 3.8) is 0 Å². The number of nitrogens with one attached hydrogen (secondary N) is 1. The number of hydrogen-bond donors (Lipinski definition) is 1. The van der Waals surface area contributed by atoms with Gasteiger partial charge in [0.05, 0.1) is 0 Å². The van der Waals surface area contributed by atoms with Gasteiger partial charge in [0.2, 0.25) is 0 Å². The Labute approximate surface area is 101 Å². The van der Waals surface area contributed by atoms with Crippen molar-refractivity contribution in [1.29, 1.82) is 0 Å². The van der Waals surface area contributed by atoms with Crippen molar-refractivity contribution >= 4 is 0 Å². The number of hydrogen-bond acceptors (Lipinski definition) is 1. The van der Waals surface area contributed by atoms with Crippen LogP contribution < -0.4 is 5.69 Å². The van der Waals surface area contributed by atoms with E-state index >= 15 is 0 Å². The predicted octanol–water partition coefficient (Wildman–Crippen LogP) is 2.41. The molecular formula is C14H20N2O. The van der Waals surface area contributed by atoms with Crippen LogP contribution in [0.25, 0.3) is 0 Å². The standard InChI is InChI=1S/C14H20N2O/c1-9-8-16(13(17)15-9)14-5-10-2-11(6-14)4-12(3-10)7-14/h8,10-12H,2-7H2,1H3,(H,15,17). The van der Waals surface area contributed by atoms with Crippen molar-refractivity contribution in [2.45, 2.75) is 51.0 Å². The molecule has 1 aromatic heterocycles. The molecule has 4 fully saturated rings. The summed E-state index contributed by atoms with van der Waals surface area (Å²) in [6.45, 7) is 1.98. The van der Waals surface area contributed by atoms with Crippen LogP contribution in [0.4, 0.5) is 0 Å². The Bertz CT molecular complexity index is 475. The highest BCUT2D eigenvalue weighted by molar-refractivity contribution is 5.08. The van der Waals surface area contributed by atoms with Crippen LogP contribution in [0, 0.1) is 24.7 Å². The Morgan fingerprint density at radius 2 is 1.71 bits per heavy atom. The second-order valence-electron chi connectivity index (χ2n) is 6.75. The lowest BCUT2D eigenvalue weighted by atomic mass is 9.53. The van der Waals surface area contributed by atoms with Gasteiger partial charge in [0.25, 0.3) is 0 Å². The van der Waals surface area contributed by atoms with Gasteiger partial charge in [-0.05, 0) is 63.2 Å². The average molecular weight is 232 g/mol. The fourth-order valence-electron chi connectivity index (χ4n) is 5.23. The number of imidazole rings is 1. The molecule has 0 radical (unpaired) electrons. The number of aromatic amines is 1. The first-order valence-electron chi connectivity index (χ1n) is 6.93. The molecule has 1 aromatic rings. The van der Waals surface area contributed by atoms with E-state index in [0.717, 1.165) is 23.4 Å². The second kappa shape index (κ2) is 3.06. The van der Waals surface area contributed by atoms with E-state index in [0.29, 0.717) is 0 Å². The van der Waals surface area contributed by atoms with Crippen LogP contribution in [-0.4, -0.2) is 9.55 Å². The summed E-state index contributed by atoms with van der Waals surface area (Å²) in [5, 5.41) is 0. The van der Waals surface area contributed by atoms with Gasteiger partial charge in [-0.1, -0.05) is 0 Å². The fourth-order valence-corrected chi connectivity index (χ4v) is 5.23. The third-order valence-electron chi connectivity index (χ3n) is 5.36. The van der Waals surface area contributed by atoms with Gasteiger partial charge < -0.3 is 4.98 Å². The van der Waals surface area contributed by atoms with Gasteiger partial charge in [-0.15, -0.1) is 0 Å². The van der Waals surface area contributed by atoms with Crippen LogP contribution >= 0.6 is 0 Å². The molecule has 4 bridgehead atoms. The highest BCUT2D eigenvalue weighted by Crippen LogP contribution is 2.58. The highest BCUT2D eigenvalue weighted by atomic mass is 16.1. The third kappa shape index (κ3) is 1.31. The molecule has 17 heavy (non-hydrogen) atoms. The molecule has 0 aliphatic heterocycles. The van der Waals surface area contributed by atoms with Gasteiger partial charge in [-0.2, -0.15) is 0 Å². The van der Waals surface area contributed by atoms with Crippen molar-refractivity contribution in [2.75, 3.05) is 0 Å². The van der Waals surface area contributed by atoms with Crippen LogP contribution in [0.2, 0.25) is 0 Å². The monoisotopic (exact) mass is 232 g/mol. The van der Waals surface area contributed by atoms with E-state index in [1.807, 2.05) is 11.5 Å². The zero-order valence-electron chi connectivity index (χ0n) is 10.4. The molecule has 4 aliphatic carbocycles. The molecule has 1 heterocycles. The summed E-state index contributed by atoms with van der Waals surface area (Å²) in [5.41, 5.74) is 1.30. The Morgan fingerprint density at radius 3 is 2.12 bits per heavy atom. The molecule has 0 atom stereocenters. The first-order chi connectivity index (χ1) is 8.14. The number of H-pyrrole nitrogens is 1. The molecule has 4 aliphatic rings. The van der Waals surface area contributed by atoms with Crippen molar-refractivity contribution in [2.24, 2.45) is 17.8 Å². The molecular weight excluding hydrogens is 212 g/mol. The number of aryl methyl sites for hydroxylation is 1. The summed E-state index contributed by atoms with van der Waals surface area (Å²) < 4.78 is 2.05. The van der Waals surface area contributed by atoms with Gasteiger partial charge in [-0.3, -0.25) is 4.57 Å². The molecule has 3 heteroatoms. The third-order valence-corrected chi connectivity index (χ3v) is 5.36. The maximum atomic E-state index is 12.1. The number of aromatic nitrogens is 2. The normalized spacial score (nSPS) is 43.2. The van der Waals surface area contributed by atoms with E-state index in [1.165, 1.54) is 38.5 Å². The predicted molar refractivity (Wildman–Crippen MR) is 65.9 cm³/mol. The van der Waals surface area contributed by atoms with Gasteiger partial charge in [0.1, 0.15) is 0 Å². The van der Waals surface area contributed by atoms with Crippen LogP contribution in [-0.2, 0) is 5.54 Å². The summed E-state index contributed by atoms with van der Waals surface area (Å²) in [6, 6.07) is 0. The lowest BCUT2D eigenvalue weighted by Gasteiger charge is -2.56. The minimum absolute atomic E-state index is 0.115. The minimum Gasteiger partial charge on any atom is -0.310 e. The van der Waals surface area contributed by atoms with E-state index in [-0.39, 0.29) is 11.2 Å². The molecule has 0 amide bonds. The van der Waals surface area contributed by atoms with Crippen LogP contribution in [0.5, 0.6) is 0 Å². The zero-order valence-corrected chi connectivity index (χ0v) is 10.4. The molecule has 92 valence electrons. The Hall–Kier alpha value is -0.990. The number of rotatable bonds is 1. The molecule has 0 spiro atoms. The number of nitrogens with zero attached hydrogens (tertiary/aromatic N) is 1. The van der Waals surface area contributed by atoms with Crippen molar-refractivity contribution in [3.05, 3.63) is 22.4 Å². The maximum Gasteiger partial charge on any atom is 0.326 e. The zero-order chi connectivity index (χ0) is 11.6. The smallest absolute Gasteiger partial charge is 0.310 e. The highest BCUT2D eigenvalue weighted by Gasteiger charge is 2.52. The lowest BCUT2D eigenvalue weighted by molar-refractivity contribution is -0.0446. The van der Waals surface area contributed by atoms with Crippen molar-refractivity contribution in [1.82, 2.24) is 9.55 Å². The molecule has 0 unspecified atom stereocenters. The molecule has 0 saturated heterocycles.